The van der Waals surface area contributed by atoms with E-state index in [9.17, 15) is 44.7 Å². The van der Waals surface area contributed by atoms with Crippen LogP contribution in [0.25, 0.3) is 5.76 Å². The zero-order chi connectivity index (χ0) is 28.3. The molecule has 7 N–H and O–H groups in total. The van der Waals surface area contributed by atoms with Crippen LogP contribution < -0.4 is 5.73 Å². The number of carboxylic acid groups (broad SMARTS) is 1. The molecule has 1 aromatic rings. The van der Waals surface area contributed by atoms with Crippen LogP contribution in [-0.4, -0.2) is 91.2 Å². The van der Waals surface area contributed by atoms with Gasteiger partial charge in [0.1, 0.15) is 22.8 Å². The number of aliphatic hydroxyl groups excluding tert-OH is 2. The minimum atomic E-state index is -2.72. The number of phenolic OH excluding ortho intramolecular Hbond substituents is 1. The molecule has 1 aromatic carbocycles. The van der Waals surface area contributed by atoms with Crippen LogP contribution in [0.15, 0.2) is 41.7 Å². The Bertz CT molecular complexity index is 1350. The number of phenols is 1. The zero-order valence-electron chi connectivity index (χ0n) is 20.8. The predicted octanol–water partition coefficient (Wildman–Crippen LogP) is 0.630. The molecular weight excluding hydrogens is 498 g/mol. The molecule has 12 nitrogen and oxygen atoms in total. The first-order chi connectivity index (χ1) is 17.8. The first-order valence-electron chi connectivity index (χ1n) is 11.8. The molecule has 38 heavy (non-hydrogen) atoms. The van der Waals surface area contributed by atoms with E-state index >= 15 is 0 Å². The van der Waals surface area contributed by atoms with Crippen molar-refractivity contribution < 1.29 is 44.7 Å². The molecule has 4 rings (SSSR count). The van der Waals surface area contributed by atoms with Crippen molar-refractivity contribution in [2.24, 2.45) is 17.6 Å². The van der Waals surface area contributed by atoms with Gasteiger partial charge in [-0.05, 0) is 50.0 Å². The smallest absolute Gasteiger partial charge is 0.407 e. The van der Waals surface area contributed by atoms with Crippen molar-refractivity contribution in [1.82, 2.24) is 9.80 Å². The third-order valence-corrected chi connectivity index (χ3v) is 7.68. The number of nitrogens with zero attached hydrogens (tertiary/aromatic N) is 2. The van der Waals surface area contributed by atoms with Crippen LogP contribution in [-0.2, 0) is 27.3 Å². The van der Waals surface area contributed by atoms with Crippen LogP contribution >= 0.6 is 0 Å². The topological polar surface area (TPSA) is 202 Å². The Kier molecular flexibility index (Phi) is 6.58. The second-order valence-electron chi connectivity index (χ2n) is 10.0. The maximum Gasteiger partial charge on any atom is 0.407 e. The lowest BCUT2D eigenvalue weighted by Crippen LogP contribution is -2.65. The van der Waals surface area contributed by atoms with Crippen LogP contribution in [0.3, 0.4) is 0 Å². The summed E-state index contributed by atoms with van der Waals surface area (Å²) in [6, 6.07) is 1.59. The fraction of sp³-hybridized carbons (Fsp3) is 0.385. The number of aromatic hydroxyl groups is 1. The van der Waals surface area contributed by atoms with Gasteiger partial charge in [0.15, 0.2) is 11.4 Å². The summed E-state index contributed by atoms with van der Waals surface area (Å²) in [4.78, 5) is 53.2. The largest absolute Gasteiger partial charge is 0.508 e. The van der Waals surface area contributed by atoms with Crippen LogP contribution in [0.2, 0.25) is 0 Å². The molecule has 202 valence electrons. The number of fused-ring (bicyclic) bond motifs is 3. The predicted molar refractivity (Wildman–Crippen MR) is 133 cm³/mol. The van der Waals surface area contributed by atoms with Gasteiger partial charge in [0.25, 0.3) is 5.91 Å². The molecule has 3 aliphatic carbocycles. The molecule has 4 atom stereocenters. The molecule has 3 aliphatic rings. The number of hydrogen-bond donors (Lipinski definition) is 6. The Hall–Kier alpha value is -4.16. The molecule has 0 saturated heterocycles. The lowest BCUT2D eigenvalue weighted by atomic mass is 9.57. The Balaban J connectivity index is 1.91. The summed E-state index contributed by atoms with van der Waals surface area (Å²) in [5, 5.41) is 53.9. The molecule has 0 aromatic heterocycles. The van der Waals surface area contributed by atoms with Gasteiger partial charge in [-0.1, -0.05) is 12.1 Å². The fourth-order valence-electron chi connectivity index (χ4n) is 6.03. The Morgan fingerprint density at radius 3 is 2.42 bits per heavy atom. The second kappa shape index (κ2) is 9.30. The number of likely N-dealkylation sites (N-methyl/N-ethyl adjacent to an activating group) is 1. The van der Waals surface area contributed by atoms with E-state index in [4.69, 9.17) is 5.73 Å². The molecule has 2 amide bonds. The monoisotopic (exact) mass is 527 g/mol. The van der Waals surface area contributed by atoms with Gasteiger partial charge in [-0.15, -0.1) is 6.58 Å². The van der Waals surface area contributed by atoms with Crippen molar-refractivity contribution in [3.63, 3.8) is 0 Å². The number of benzene rings is 1. The van der Waals surface area contributed by atoms with Crippen LogP contribution in [0.4, 0.5) is 4.79 Å². The quantitative estimate of drug-likeness (QED) is 0.225. The molecule has 0 radical (unpaired) electrons. The highest BCUT2D eigenvalue weighted by atomic mass is 16.4. The van der Waals surface area contributed by atoms with Crippen molar-refractivity contribution in [1.29, 1.82) is 0 Å². The number of primary amides is 1. The van der Waals surface area contributed by atoms with Gasteiger partial charge in [-0.3, -0.25) is 19.3 Å². The van der Waals surface area contributed by atoms with E-state index in [0.717, 1.165) is 4.90 Å². The molecule has 12 heteroatoms. The number of amides is 2. The molecule has 0 bridgehead atoms. The minimum absolute atomic E-state index is 0.0233. The number of aliphatic hydroxyl groups is 3. The standard InChI is InChI=1S/C26H29N3O9/c1-4-7-29(25(36)37)10-11-5-6-15(30)17-13(11)8-12-9-14-19(28(2)3)21(32)18(24(27)35)23(34)26(14,38)22(33)16(12)20(17)31/h4-6,12,14,19,30-31,34,38H,1,7-10H2,2-3H3,(H2,27,35)(H,36,37)/t12-,14?,19-,26-/m0/s1. The minimum Gasteiger partial charge on any atom is -0.508 e. The summed E-state index contributed by atoms with van der Waals surface area (Å²) in [6.45, 7) is 3.49. The van der Waals surface area contributed by atoms with Gasteiger partial charge in [-0.25, -0.2) is 4.79 Å². The lowest BCUT2D eigenvalue weighted by molar-refractivity contribution is -0.153. The number of hydrogen-bond acceptors (Lipinski definition) is 9. The highest BCUT2D eigenvalue weighted by molar-refractivity contribution is 6.24. The molecule has 1 saturated carbocycles. The summed E-state index contributed by atoms with van der Waals surface area (Å²) in [5.41, 5.74) is 2.23. The molecule has 1 fully saturated rings. The van der Waals surface area contributed by atoms with E-state index in [1.54, 1.807) is 0 Å². The average Bonchev–Trinajstić information content (AvgIpc) is 2.82. The number of carbonyl (C=O) groups is 4. The van der Waals surface area contributed by atoms with E-state index < -0.39 is 64.1 Å². The molecule has 0 aliphatic heterocycles. The maximum absolute atomic E-state index is 13.8. The number of rotatable bonds is 6. The number of Topliss-reactive ketones (excluding diaryl/α,β-unsaturated/α-hetero) is 2. The third-order valence-electron chi connectivity index (χ3n) is 7.68. The zero-order valence-corrected chi connectivity index (χ0v) is 20.8. The Morgan fingerprint density at radius 1 is 1.21 bits per heavy atom. The van der Waals surface area contributed by atoms with Crippen molar-refractivity contribution in [3.05, 3.63) is 58.4 Å². The van der Waals surface area contributed by atoms with Gasteiger partial charge in [0, 0.05) is 24.6 Å². The van der Waals surface area contributed by atoms with E-state index in [-0.39, 0.29) is 42.8 Å². The molecule has 1 unspecified atom stereocenters. The van der Waals surface area contributed by atoms with Gasteiger partial charge >= 0.3 is 6.09 Å². The summed E-state index contributed by atoms with van der Waals surface area (Å²) < 4.78 is 0. The van der Waals surface area contributed by atoms with Gasteiger partial charge < -0.3 is 36.2 Å². The van der Waals surface area contributed by atoms with E-state index in [2.05, 4.69) is 6.58 Å². The summed E-state index contributed by atoms with van der Waals surface area (Å²) in [7, 11) is 3.04. The average molecular weight is 528 g/mol. The van der Waals surface area contributed by atoms with E-state index in [1.807, 2.05) is 0 Å². The first-order valence-corrected chi connectivity index (χ1v) is 11.8. The summed E-state index contributed by atoms with van der Waals surface area (Å²) in [6.07, 6.45) is 0.220. The maximum atomic E-state index is 13.8. The van der Waals surface area contributed by atoms with E-state index in [1.165, 1.54) is 37.2 Å². The first kappa shape index (κ1) is 26.9. The normalized spacial score (nSPS) is 26.6. The van der Waals surface area contributed by atoms with Crippen molar-refractivity contribution >= 4 is 29.3 Å². The molecule has 0 spiro atoms. The van der Waals surface area contributed by atoms with Gasteiger partial charge in [-0.2, -0.15) is 0 Å². The van der Waals surface area contributed by atoms with Gasteiger partial charge in [0.05, 0.1) is 11.6 Å². The summed E-state index contributed by atoms with van der Waals surface area (Å²) in [5.74, 6) is -7.37. The SMILES string of the molecule is C=CCN(Cc1ccc(O)c2c1C[C@H]1CC3[C@H](N(C)C)C(=O)C(C(N)=O)=C(O)[C@@]3(O)C(=O)C1=C2O)C(=O)O. The number of ketones is 2. The second-order valence-corrected chi connectivity index (χ2v) is 10.0. The van der Waals surface area contributed by atoms with Crippen LogP contribution in [0.1, 0.15) is 23.1 Å². The molecule has 0 heterocycles. The van der Waals surface area contributed by atoms with Crippen LogP contribution in [0.5, 0.6) is 5.75 Å². The highest BCUT2D eigenvalue weighted by Gasteiger charge is 2.64. The van der Waals surface area contributed by atoms with Crippen molar-refractivity contribution in [3.8, 4) is 5.75 Å². The van der Waals surface area contributed by atoms with E-state index in [0.29, 0.717) is 11.1 Å². The van der Waals surface area contributed by atoms with Crippen molar-refractivity contribution in [2.45, 2.75) is 31.0 Å². The number of nitrogens with two attached hydrogens (primary N) is 1. The fourth-order valence-corrected chi connectivity index (χ4v) is 6.03. The van der Waals surface area contributed by atoms with Crippen LogP contribution in [0, 0.1) is 11.8 Å². The number of carbonyl (C=O) groups excluding carboxylic acids is 3. The molecular formula is C26H29N3O9. The lowest BCUT2D eigenvalue weighted by Gasteiger charge is -2.50. The Labute approximate surface area is 217 Å². The highest BCUT2D eigenvalue weighted by Crippen LogP contribution is 2.53. The summed E-state index contributed by atoms with van der Waals surface area (Å²) >= 11 is 0. The third kappa shape index (κ3) is 3.75. The Morgan fingerprint density at radius 2 is 1.87 bits per heavy atom. The van der Waals surface area contributed by atoms with Crippen molar-refractivity contribution in [2.75, 3.05) is 20.6 Å². The van der Waals surface area contributed by atoms with Gasteiger partial charge in [0.2, 0.25) is 5.78 Å².